The topological polar surface area (TPSA) is 51.5 Å². The second kappa shape index (κ2) is 5.71. The van der Waals surface area contributed by atoms with E-state index in [1.165, 1.54) is 0 Å². The number of rotatable bonds is 4. The van der Waals surface area contributed by atoms with Gasteiger partial charge in [-0.25, -0.2) is 0 Å². The van der Waals surface area contributed by atoms with E-state index in [2.05, 4.69) is 5.32 Å². The molecule has 1 amide bonds. The molecule has 0 radical (unpaired) electrons. The Morgan fingerprint density at radius 2 is 1.90 bits per heavy atom. The number of furan rings is 1. The van der Waals surface area contributed by atoms with E-state index in [0.29, 0.717) is 23.6 Å². The standard InChI is InChI=1S/C17H15NO3/c1-20-16-10-13-6-3-2-5-12(13)9-15(16)17(19)18-11-14-7-4-8-21-14/h2-10H,11H2,1H3,(H,18,19). The van der Waals surface area contributed by atoms with Gasteiger partial charge in [-0.3, -0.25) is 4.79 Å². The molecule has 0 saturated carbocycles. The molecule has 4 heteroatoms. The minimum Gasteiger partial charge on any atom is -0.496 e. The molecule has 0 aliphatic carbocycles. The van der Waals surface area contributed by atoms with Crippen molar-refractivity contribution in [1.29, 1.82) is 0 Å². The Labute approximate surface area is 122 Å². The molecular formula is C17H15NO3. The van der Waals surface area contributed by atoms with Gasteiger partial charge in [-0.15, -0.1) is 0 Å². The molecular weight excluding hydrogens is 266 g/mol. The summed E-state index contributed by atoms with van der Waals surface area (Å²) in [5.74, 6) is 1.09. The predicted octanol–water partition coefficient (Wildman–Crippen LogP) is 3.37. The van der Waals surface area contributed by atoms with E-state index in [9.17, 15) is 4.79 Å². The van der Waals surface area contributed by atoms with E-state index in [0.717, 1.165) is 10.8 Å². The Morgan fingerprint density at radius 3 is 2.57 bits per heavy atom. The van der Waals surface area contributed by atoms with Crippen LogP contribution in [0.2, 0.25) is 0 Å². The van der Waals surface area contributed by atoms with Gasteiger partial charge < -0.3 is 14.5 Å². The third-order valence-electron chi connectivity index (χ3n) is 3.32. The average Bonchev–Trinajstić information content (AvgIpc) is 3.04. The first-order valence-electron chi connectivity index (χ1n) is 6.65. The lowest BCUT2D eigenvalue weighted by Gasteiger charge is -2.10. The zero-order valence-corrected chi connectivity index (χ0v) is 11.6. The SMILES string of the molecule is COc1cc2ccccc2cc1C(=O)NCc1ccco1. The quantitative estimate of drug-likeness (QED) is 0.797. The van der Waals surface area contributed by atoms with Crippen molar-refractivity contribution in [3.8, 4) is 5.75 Å². The fraction of sp³-hybridized carbons (Fsp3) is 0.118. The van der Waals surface area contributed by atoms with Crippen molar-refractivity contribution in [3.05, 3.63) is 66.1 Å². The molecule has 0 aliphatic heterocycles. The highest BCUT2D eigenvalue weighted by Crippen LogP contribution is 2.25. The van der Waals surface area contributed by atoms with Crippen molar-refractivity contribution in [3.63, 3.8) is 0 Å². The van der Waals surface area contributed by atoms with Gasteiger partial charge in [-0.2, -0.15) is 0 Å². The molecule has 3 rings (SSSR count). The number of amides is 1. The van der Waals surface area contributed by atoms with E-state index in [4.69, 9.17) is 9.15 Å². The van der Waals surface area contributed by atoms with Crippen LogP contribution < -0.4 is 10.1 Å². The number of hydrogen-bond donors (Lipinski definition) is 1. The maximum absolute atomic E-state index is 12.3. The molecule has 0 fully saturated rings. The van der Waals surface area contributed by atoms with Crippen LogP contribution in [0.25, 0.3) is 10.8 Å². The van der Waals surface area contributed by atoms with Crippen molar-refractivity contribution in [2.45, 2.75) is 6.54 Å². The van der Waals surface area contributed by atoms with Crippen LogP contribution in [0.5, 0.6) is 5.75 Å². The third kappa shape index (κ3) is 2.74. The van der Waals surface area contributed by atoms with Gasteiger partial charge in [-0.1, -0.05) is 24.3 Å². The second-order valence-corrected chi connectivity index (χ2v) is 4.66. The van der Waals surface area contributed by atoms with Crippen LogP contribution in [0.15, 0.2) is 59.2 Å². The van der Waals surface area contributed by atoms with Crippen LogP contribution in [-0.2, 0) is 6.54 Å². The first-order chi connectivity index (χ1) is 10.3. The fourth-order valence-corrected chi connectivity index (χ4v) is 2.24. The van der Waals surface area contributed by atoms with Crippen molar-refractivity contribution in [2.24, 2.45) is 0 Å². The highest BCUT2D eigenvalue weighted by molar-refractivity contribution is 6.01. The lowest BCUT2D eigenvalue weighted by Crippen LogP contribution is -2.23. The Morgan fingerprint density at radius 1 is 1.14 bits per heavy atom. The van der Waals surface area contributed by atoms with Crippen LogP contribution in [0.1, 0.15) is 16.1 Å². The average molecular weight is 281 g/mol. The normalized spacial score (nSPS) is 10.5. The van der Waals surface area contributed by atoms with Gasteiger partial charge in [0.05, 0.1) is 25.5 Å². The first kappa shape index (κ1) is 13.2. The lowest BCUT2D eigenvalue weighted by molar-refractivity contribution is 0.0945. The number of benzene rings is 2. The van der Waals surface area contributed by atoms with Crippen LogP contribution in [0.4, 0.5) is 0 Å². The zero-order chi connectivity index (χ0) is 14.7. The van der Waals surface area contributed by atoms with Gasteiger partial charge in [0, 0.05) is 0 Å². The monoisotopic (exact) mass is 281 g/mol. The van der Waals surface area contributed by atoms with Crippen molar-refractivity contribution in [1.82, 2.24) is 5.32 Å². The molecule has 2 aromatic carbocycles. The smallest absolute Gasteiger partial charge is 0.255 e. The van der Waals surface area contributed by atoms with Gasteiger partial charge in [0.25, 0.3) is 5.91 Å². The summed E-state index contributed by atoms with van der Waals surface area (Å²) in [7, 11) is 1.56. The van der Waals surface area contributed by atoms with Gasteiger partial charge in [-0.05, 0) is 35.0 Å². The van der Waals surface area contributed by atoms with Crippen molar-refractivity contribution in [2.75, 3.05) is 7.11 Å². The highest BCUT2D eigenvalue weighted by Gasteiger charge is 2.13. The van der Waals surface area contributed by atoms with Gasteiger partial charge in [0.1, 0.15) is 11.5 Å². The Bertz CT molecular complexity index is 763. The van der Waals surface area contributed by atoms with Crippen LogP contribution in [-0.4, -0.2) is 13.0 Å². The number of hydrogen-bond acceptors (Lipinski definition) is 3. The summed E-state index contributed by atoms with van der Waals surface area (Å²) in [6, 6.07) is 15.2. The second-order valence-electron chi connectivity index (χ2n) is 4.66. The van der Waals surface area contributed by atoms with Crippen LogP contribution in [0.3, 0.4) is 0 Å². The highest BCUT2D eigenvalue weighted by atomic mass is 16.5. The first-order valence-corrected chi connectivity index (χ1v) is 6.65. The van der Waals surface area contributed by atoms with Gasteiger partial charge in [0.2, 0.25) is 0 Å². The maximum Gasteiger partial charge on any atom is 0.255 e. The fourth-order valence-electron chi connectivity index (χ4n) is 2.24. The molecule has 0 saturated heterocycles. The Kier molecular flexibility index (Phi) is 3.60. The third-order valence-corrected chi connectivity index (χ3v) is 3.32. The molecule has 0 bridgehead atoms. The number of carbonyl (C=O) groups is 1. The number of ether oxygens (including phenoxy) is 1. The molecule has 21 heavy (non-hydrogen) atoms. The van der Waals surface area contributed by atoms with Crippen molar-refractivity contribution >= 4 is 16.7 Å². The molecule has 0 atom stereocenters. The van der Waals surface area contributed by atoms with E-state index in [1.54, 1.807) is 19.4 Å². The molecule has 4 nitrogen and oxygen atoms in total. The summed E-state index contributed by atoms with van der Waals surface area (Å²) in [5.41, 5.74) is 0.516. The summed E-state index contributed by atoms with van der Waals surface area (Å²) >= 11 is 0. The van der Waals surface area contributed by atoms with E-state index in [1.807, 2.05) is 42.5 Å². The Hall–Kier alpha value is -2.75. The van der Waals surface area contributed by atoms with E-state index < -0.39 is 0 Å². The van der Waals surface area contributed by atoms with E-state index in [-0.39, 0.29) is 5.91 Å². The molecule has 1 N–H and O–H groups in total. The van der Waals surface area contributed by atoms with Gasteiger partial charge >= 0.3 is 0 Å². The number of methoxy groups -OCH3 is 1. The van der Waals surface area contributed by atoms with Crippen LogP contribution >= 0.6 is 0 Å². The van der Waals surface area contributed by atoms with Crippen LogP contribution in [0, 0.1) is 0 Å². The molecule has 1 heterocycles. The molecule has 106 valence electrons. The predicted molar refractivity (Wildman–Crippen MR) is 80.4 cm³/mol. The molecule has 0 unspecified atom stereocenters. The largest absolute Gasteiger partial charge is 0.496 e. The van der Waals surface area contributed by atoms with Crippen molar-refractivity contribution < 1.29 is 13.9 Å². The number of nitrogens with one attached hydrogen (secondary N) is 1. The number of fused-ring (bicyclic) bond motifs is 1. The summed E-state index contributed by atoms with van der Waals surface area (Å²) in [4.78, 5) is 12.3. The lowest BCUT2D eigenvalue weighted by atomic mass is 10.1. The summed E-state index contributed by atoms with van der Waals surface area (Å²) in [6.07, 6.45) is 1.58. The Balaban J connectivity index is 1.89. The number of carbonyl (C=O) groups excluding carboxylic acids is 1. The summed E-state index contributed by atoms with van der Waals surface area (Å²) in [6.45, 7) is 0.349. The summed E-state index contributed by atoms with van der Waals surface area (Å²) < 4.78 is 10.5. The minimum absolute atomic E-state index is 0.186. The summed E-state index contributed by atoms with van der Waals surface area (Å²) in [5, 5.41) is 4.87. The van der Waals surface area contributed by atoms with E-state index >= 15 is 0 Å². The minimum atomic E-state index is -0.186. The molecule has 0 spiro atoms. The maximum atomic E-state index is 12.3. The molecule has 1 aromatic heterocycles. The van der Waals surface area contributed by atoms with Gasteiger partial charge in [0.15, 0.2) is 0 Å². The molecule has 3 aromatic rings. The zero-order valence-electron chi connectivity index (χ0n) is 11.6. The molecule has 0 aliphatic rings.